The number of nitrogens with zero attached hydrogens (tertiary/aromatic N) is 1. The number of carbonyl (C=O) groups is 1. The third-order valence-corrected chi connectivity index (χ3v) is 2.60. The number of hydrogen-bond donors (Lipinski definition) is 2. The minimum atomic E-state index is -0.339. The highest BCUT2D eigenvalue weighted by molar-refractivity contribution is 5.72. The normalized spacial score (nSPS) is 14.9. The summed E-state index contributed by atoms with van der Waals surface area (Å²) in [6.07, 6.45) is 2.13. The van der Waals surface area contributed by atoms with Crippen LogP contribution in [-0.4, -0.2) is 17.0 Å². The van der Waals surface area contributed by atoms with Crippen molar-refractivity contribution in [3.63, 3.8) is 0 Å². The minimum Gasteiger partial charge on any atom is -0.399 e. The van der Waals surface area contributed by atoms with Crippen molar-refractivity contribution in [1.82, 2.24) is 4.90 Å². The highest BCUT2D eigenvalue weighted by atomic mass is 16.2. The van der Waals surface area contributed by atoms with E-state index in [2.05, 4.69) is 0 Å². The molecule has 4 N–H and O–H groups in total. The monoisotopic (exact) mass is 205 g/mol. The molecule has 1 saturated carbocycles. The van der Waals surface area contributed by atoms with Crippen LogP contribution in [0.3, 0.4) is 0 Å². The van der Waals surface area contributed by atoms with Crippen LogP contribution >= 0.6 is 0 Å². The van der Waals surface area contributed by atoms with Gasteiger partial charge in [0.25, 0.3) is 0 Å². The topological polar surface area (TPSA) is 72.4 Å². The van der Waals surface area contributed by atoms with Gasteiger partial charge >= 0.3 is 6.03 Å². The predicted molar refractivity (Wildman–Crippen MR) is 59.0 cm³/mol. The van der Waals surface area contributed by atoms with Crippen LogP contribution in [0.4, 0.5) is 10.5 Å². The van der Waals surface area contributed by atoms with Crippen LogP contribution < -0.4 is 11.5 Å². The summed E-state index contributed by atoms with van der Waals surface area (Å²) in [7, 11) is 0. The molecule has 0 aromatic heterocycles. The second-order valence-corrected chi connectivity index (χ2v) is 3.94. The Kier molecular flexibility index (Phi) is 2.49. The predicted octanol–water partition coefficient (Wildman–Crippen LogP) is 1.31. The molecule has 0 radical (unpaired) electrons. The van der Waals surface area contributed by atoms with Gasteiger partial charge in [-0.15, -0.1) is 0 Å². The van der Waals surface area contributed by atoms with E-state index in [9.17, 15) is 4.79 Å². The fraction of sp³-hybridized carbons (Fsp3) is 0.364. The van der Waals surface area contributed by atoms with Crippen molar-refractivity contribution in [1.29, 1.82) is 0 Å². The molecule has 1 aromatic carbocycles. The van der Waals surface area contributed by atoms with Gasteiger partial charge in [0.1, 0.15) is 0 Å². The fourth-order valence-corrected chi connectivity index (χ4v) is 1.59. The first-order chi connectivity index (χ1) is 7.16. The van der Waals surface area contributed by atoms with E-state index in [-0.39, 0.29) is 6.03 Å². The number of benzene rings is 1. The second-order valence-electron chi connectivity index (χ2n) is 3.94. The Hall–Kier alpha value is -1.71. The summed E-state index contributed by atoms with van der Waals surface area (Å²) in [4.78, 5) is 12.9. The Balaban J connectivity index is 2.05. The first kappa shape index (κ1) is 9.83. The summed E-state index contributed by atoms with van der Waals surface area (Å²) in [6.45, 7) is 0.584. The van der Waals surface area contributed by atoms with Gasteiger partial charge in [0, 0.05) is 18.3 Å². The lowest BCUT2D eigenvalue weighted by atomic mass is 10.2. The fourth-order valence-electron chi connectivity index (χ4n) is 1.59. The SMILES string of the molecule is NC(=O)N(Cc1ccc(N)cc1)C1CC1. The average Bonchev–Trinajstić information content (AvgIpc) is 3.00. The molecule has 80 valence electrons. The zero-order valence-corrected chi connectivity index (χ0v) is 8.52. The molecule has 0 unspecified atom stereocenters. The molecule has 1 aliphatic rings. The Labute approximate surface area is 88.9 Å². The molecule has 4 nitrogen and oxygen atoms in total. The molecule has 0 atom stereocenters. The van der Waals surface area contributed by atoms with E-state index in [4.69, 9.17) is 11.5 Å². The lowest BCUT2D eigenvalue weighted by Gasteiger charge is -2.19. The van der Waals surface area contributed by atoms with Gasteiger partial charge in [-0.25, -0.2) is 4.79 Å². The maximum Gasteiger partial charge on any atom is 0.315 e. The summed E-state index contributed by atoms with van der Waals surface area (Å²) < 4.78 is 0. The lowest BCUT2D eigenvalue weighted by molar-refractivity contribution is 0.202. The molecule has 0 spiro atoms. The largest absolute Gasteiger partial charge is 0.399 e. The molecule has 1 aromatic rings. The minimum absolute atomic E-state index is 0.339. The number of primary amides is 1. The van der Waals surface area contributed by atoms with Gasteiger partial charge in [-0.05, 0) is 30.5 Å². The maximum absolute atomic E-state index is 11.2. The number of nitrogen functional groups attached to an aromatic ring is 1. The van der Waals surface area contributed by atoms with Crippen LogP contribution in [-0.2, 0) is 6.54 Å². The van der Waals surface area contributed by atoms with E-state index < -0.39 is 0 Å². The smallest absolute Gasteiger partial charge is 0.315 e. The van der Waals surface area contributed by atoms with E-state index in [1.807, 2.05) is 24.3 Å². The van der Waals surface area contributed by atoms with Crippen molar-refractivity contribution in [3.8, 4) is 0 Å². The van der Waals surface area contributed by atoms with Gasteiger partial charge in [0.05, 0.1) is 0 Å². The third kappa shape index (κ3) is 2.40. The quantitative estimate of drug-likeness (QED) is 0.730. The van der Waals surface area contributed by atoms with E-state index in [1.165, 1.54) is 0 Å². The Morgan fingerprint density at radius 1 is 1.33 bits per heavy atom. The van der Waals surface area contributed by atoms with Gasteiger partial charge in [-0.3, -0.25) is 0 Å². The first-order valence-corrected chi connectivity index (χ1v) is 5.07. The van der Waals surface area contributed by atoms with E-state index in [0.29, 0.717) is 12.6 Å². The van der Waals surface area contributed by atoms with Crippen LogP contribution in [0.15, 0.2) is 24.3 Å². The van der Waals surface area contributed by atoms with Crippen molar-refractivity contribution in [3.05, 3.63) is 29.8 Å². The van der Waals surface area contributed by atoms with Crippen LogP contribution in [0.25, 0.3) is 0 Å². The standard InChI is InChI=1S/C11H15N3O/c12-9-3-1-8(2-4-9)7-14(11(13)15)10-5-6-10/h1-4,10H,5-7,12H2,(H2,13,15). The van der Waals surface area contributed by atoms with Gasteiger partial charge in [0.15, 0.2) is 0 Å². The van der Waals surface area contributed by atoms with Gasteiger partial charge in [0.2, 0.25) is 0 Å². The molecule has 0 aliphatic heterocycles. The Morgan fingerprint density at radius 3 is 2.40 bits per heavy atom. The van der Waals surface area contributed by atoms with Crippen molar-refractivity contribution < 1.29 is 4.79 Å². The van der Waals surface area contributed by atoms with Gasteiger partial charge in [-0.1, -0.05) is 12.1 Å². The Bertz CT molecular complexity index is 357. The number of amides is 2. The van der Waals surface area contributed by atoms with E-state index >= 15 is 0 Å². The molecule has 1 aliphatic carbocycles. The summed E-state index contributed by atoms with van der Waals surface area (Å²) >= 11 is 0. The van der Waals surface area contributed by atoms with Crippen molar-refractivity contribution in [2.45, 2.75) is 25.4 Å². The number of carbonyl (C=O) groups excluding carboxylic acids is 1. The maximum atomic E-state index is 11.2. The molecule has 1 fully saturated rings. The molecule has 0 heterocycles. The lowest BCUT2D eigenvalue weighted by Crippen LogP contribution is -2.36. The van der Waals surface area contributed by atoms with Crippen molar-refractivity contribution in [2.24, 2.45) is 5.73 Å². The molecule has 15 heavy (non-hydrogen) atoms. The summed E-state index contributed by atoms with van der Waals surface area (Å²) in [5.41, 5.74) is 12.7. The van der Waals surface area contributed by atoms with Crippen LogP contribution in [0.1, 0.15) is 18.4 Å². The Morgan fingerprint density at radius 2 is 1.93 bits per heavy atom. The third-order valence-electron chi connectivity index (χ3n) is 2.60. The van der Waals surface area contributed by atoms with Crippen molar-refractivity contribution >= 4 is 11.7 Å². The van der Waals surface area contributed by atoms with Crippen LogP contribution in [0.5, 0.6) is 0 Å². The number of urea groups is 1. The molecule has 4 heteroatoms. The first-order valence-electron chi connectivity index (χ1n) is 5.07. The highest BCUT2D eigenvalue weighted by Gasteiger charge is 2.31. The van der Waals surface area contributed by atoms with Crippen LogP contribution in [0, 0.1) is 0 Å². The van der Waals surface area contributed by atoms with E-state index in [0.717, 1.165) is 24.1 Å². The number of anilines is 1. The molecular weight excluding hydrogens is 190 g/mol. The number of hydrogen-bond acceptors (Lipinski definition) is 2. The zero-order valence-electron chi connectivity index (χ0n) is 8.52. The van der Waals surface area contributed by atoms with E-state index in [1.54, 1.807) is 4.90 Å². The summed E-state index contributed by atoms with van der Waals surface area (Å²) in [5.74, 6) is 0. The second kappa shape index (κ2) is 3.81. The molecule has 2 amide bonds. The molecule has 2 rings (SSSR count). The van der Waals surface area contributed by atoms with Gasteiger partial charge < -0.3 is 16.4 Å². The average molecular weight is 205 g/mol. The van der Waals surface area contributed by atoms with Gasteiger partial charge in [-0.2, -0.15) is 0 Å². The summed E-state index contributed by atoms with van der Waals surface area (Å²) in [5, 5.41) is 0. The van der Waals surface area contributed by atoms with Crippen LogP contribution in [0.2, 0.25) is 0 Å². The zero-order chi connectivity index (χ0) is 10.8. The molecule has 0 bridgehead atoms. The number of rotatable bonds is 3. The molecular formula is C11H15N3O. The summed E-state index contributed by atoms with van der Waals surface area (Å²) in [6, 6.07) is 7.53. The number of nitrogens with two attached hydrogens (primary N) is 2. The van der Waals surface area contributed by atoms with Crippen molar-refractivity contribution in [2.75, 3.05) is 5.73 Å². The molecule has 0 saturated heterocycles. The highest BCUT2D eigenvalue weighted by Crippen LogP contribution is 2.28.